The van der Waals surface area contributed by atoms with Gasteiger partial charge >= 0.3 is 0 Å². The van der Waals surface area contributed by atoms with Crippen LogP contribution in [-0.4, -0.2) is 19.4 Å². The minimum absolute atomic E-state index is 0.643. The van der Waals surface area contributed by atoms with Gasteiger partial charge in [0.25, 0.3) is 0 Å². The molecule has 2 aliphatic rings. The van der Waals surface area contributed by atoms with Gasteiger partial charge in [0.05, 0.1) is 0 Å². The van der Waals surface area contributed by atoms with Crippen molar-refractivity contribution in [2.24, 2.45) is 17.3 Å². The highest BCUT2D eigenvalue weighted by Crippen LogP contribution is 2.41. The second-order valence-corrected chi connectivity index (χ2v) is 6.73. The Hall–Kier alpha value is -0.370. The fourth-order valence-electron chi connectivity index (χ4n) is 2.50. The van der Waals surface area contributed by atoms with Gasteiger partial charge in [-0.25, -0.2) is 0 Å². The van der Waals surface area contributed by atoms with Crippen LogP contribution < -0.4 is 5.32 Å². The Bertz CT molecular complexity index is 207. The molecule has 114 valence electrons. The fourth-order valence-corrected chi connectivity index (χ4v) is 2.50. The quantitative estimate of drug-likeness (QED) is 0.751. The molecular formula is C17H35NO. The molecule has 0 aromatic carbocycles. The van der Waals surface area contributed by atoms with E-state index in [9.17, 15) is 0 Å². The summed E-state index contributed by atoms with van der Waals surface area (Å²) in [6.45, 7) is 13.5. The molecule has 19 heavy (non-hydrogen) atoms. The lowest BCUT2D eigenvalue weighted by molar-refractivity contribution is -0.106. The fraction of sp³-hybridized carbons (Fsp3) is 0.941. The summed E-state index contributed by atoms with van der Waals surface area (Å²) in [5.74, 6) is 1.99. The summed E-state index contributed by atoms with van der Waals surface area (Å²) in [5, 5.41) is 3.11. The predicted octanol–water partition coefficient (Wildman–Crippen LogP) is 4.43. The van der Waals surface area contributed by atoms with Gasteiger partial charge in [0.1, 0.15) is 6.29 Å². The van der Waals surface area contributed by atoms with Crippen molar-refractivity contribution in [1.29, 1.82) is 0 Å². The van der Waals surface area contributed by atoms with Gasteiger partial charge in [-0.1, -0.05) is 34.1 Å². The average molecular weight is 269 g/mol. The first-order chi connectivity index (χ1) is 8.96. The molecule has 1 saturated carbocycles. The molecule has 0 spiro atoms. The van der Waals surface area contributed by atoms with E-state index in [0.29, 0.717) is 5.41 Å². The zero-order valence-corrected chi connectivity index (χ0v) is 13.8. The molecule has 0 aromatic rings. The molecule has 0 radical (unpaired) electrons. The summed E-state index contributed by atoms with van der Waals surface area (Å²) in [4.78, 5) is 8.81. The van der Waals surface area contributed by atoms with E-state index in [1.54, 1.807) is 0 Å². The maximum absolute atomic E-state index is 8.81. The molecular weight excluding hydrogens is 234 g/mol. The summed E-state index contributed by atoms with van der Waals surface area (Å²) in [5.41, 5.74) is 0.643. The number of hydrogen-bond donors (Lipinski definition) is 1. The highest BCUT2D eigenvalue weighted by Gasteiger charge is 2.28. The molecule has 1 saturated heterocycles. The number of aldehydes is 1. The van der Waals surface area contributed by atoms with Gasteiger partial charge in [0.2, 0.25) is 0 Å². The maximum Gasteiger partial charge on any atom is 0.116 e. The van der Waals surface area contributed by atoms with Gasteiger partial charge < -0.3 is 10.1 Å². The third-order valence-electron chi connectivity index (χ3n) is 4.54. The number of rotatable bonds is 2. The van der Waals surface area contributed by atoms with Crippen molar-refractivity contribution in [2.45, 2.75) is 73.1 Å². The van der Waals surface area contributed by atoms with Gasteiger partial charge in [0.15, 0.2) is 0 Å². The third-order valence-corrected chi connectivity index (χ3v) is 4.54. The SMILES string of the molecule is C1CNC1.CC=O.CCC(C)C1CCC(C)(C)CC1. The van der Waals surface area contributed by atoms with E-state index < -0.39 is 0 Å². The van der Waals surface area contributed by atoms with E-state index >= 15 is 0 Å². The first kappa shape index (κ1) is 18.6. The predicted molar refractivity (Wildman–Crippen MR) is 84.4 cm³/mol. The Morgan fingerprint density at radius 3 is 1.89 bits per heavy atom. The smallest absolute Gasteiger partial charge is 0.116 e. The molecule has 1 heterocycles. The highest BCUT2D eigenvalue weighted by atomic mass is 16.1. The van der Waals surface area contributed by atoms with Gasteiger partial charge in [-0.3, -0.25) is 0 Å². The van der Waals surface area contributed by atoms with Crippen molar-refractivity contribution >= 4 is 6.29 Å². The lowest BCUT2D eigenvalue weighted by atomic mass is 9.69. The number of carbonyl (C=O) groups excluding carboxylic acids is 1. The Morgan fingerprint density at radius 2 is 1.63 bits per heavy atom. The van der Waals surface area contributed by atoms with Crippen molar-refractivity contribution in [1.82, 2.24) is 5.32 Å². The van der Waals surface area contributed by atoms with Crippen LogP contribution in [0.2, 0.25) is 0 Å². The van der Waals surface area contributed by atoms with E-state index in [1.165, 1.54) is 58.5 Å². The molecule has 2 heteroatoms. The van der Waals surface area contributed by atoms with E-state index in [0.717, 1.165) is 18.1 Å². The van der Waals surface area contributed by atoms with Crippen LogP contribution in [-0.2, 0) is 4.79 Å². The van der Waals surface area contributed by atoms with Crippen molar-refractivity contribution in [3.8, 4) is 0 Å². The molecule has 1 N–H and O–H groups in total. The number of carbonyl (C=O) groups is 1. The van der Waals surface area contributed by atoms with Crippen molar-refractivity contribution < 1.29 is 4.79 Å². The van der Waals surface area contributed by atoms with Crippen LogP contribution in [0.15, 0.2) is 0 Å². The zero-order chi connectivity index (χ0) is 14.7. The molecule has 0 bridgehead atoms. The Labute approximate surface area is 120 Å². The second-order valence-electron chi connectivity index (χ2n) is 6.73. The van der Waals surface area contributed by atoms with E-state index in [-0.39, 0.29) is 0 Å². The van der Waals surface area contributed by atoms with Gasteiger partial charge in [0, 0.05) is 0 Å². The first-order valence-electron chi connectivity index (χ1n) is 8.07. The highest BCUT2D eigenvalue weighted by molar-refractivity contribution is 5.44. The first-order valence-corrected chi connectivity index (χ1v) is 8.07. The van der Waals surface area contributed by atoms with E-state index in [2.05, 4.69) is 33.0 Å². The van der Waals surface area contributed by atoms with Crippen LogP contribution >= 0.6 is 0 Å². The van der Waals surface area contributed by atoms with Gasteiger partial charge in [-0.15, -0.1) is 0 Å². The molecule has 0 amide bonds. The number of nitrogens with one attached hydrogen (secondary N) is 1. The minimum atomic E-state index is 0.643. The standard InChI is InChI=1S/C12H24.C3H7N.C2H4O/c1-5-10(2)11-6-8-12(3,4)9-7-11;1-2-4-3-1;1-2-3/h10-11H,5-9H2,1-4H3;4H,1-3H2;2H,1H3. The van der Waals surface area contributed by atoms with Crippen LogP contribution in [0.3, 0.4) is 0 Å². The summed E-state index contributed by atoms with van der Waals surface area (Å²) in [6, 6.07) is 0. The Balaban J connectivity index is 0.000000379. The van der Waals surface area contributed by atoms with Crippen LogP contribution in [0.4, 0.5) is 0 Å². The van der Waals surface area contributed by atoms with Gasteiger partial charge in [-0.2, -0.15) is 0 Å². The van der Waals surface area contributed by atoms with Crippen LogP contribution in [0.5, 0.6) is 0 Å². The molecule has 1 atom stereocenters. The zero-order valence-electron chi connectivity index (χ0n) is 13.8. The summed E-state index contributed by atoms with van der Waals surface area (Å²) in [6.07, 6.45) is 9.35. The number of hydrogen-bond acceptors (Lipinski definition) is 2. The summed E-state index contributed by atoms with van der Waals surface area (Å²) < 4.78 is 0. The molecule has 0 aromatic heterocycles. The molecule has 1 unspecified atom stereocenters. The van der Waals surface area contributed by atoms with E-state index in [4.69, 9.17) is 4.79 Å². The second kappa shape index (κ2) is 10.4. The maximum atomic E-state index is 8.81. The monoisotopic (exact) mass is 269 g/mol. The topological polar surface area (TPSA) is 29.1 Å². The minimum Gasteiger partial charge on any atom is -0.317 e. The third kappa shape index (κ3) is 9.21. The lowest BCUT2D eigenvalue weighted by Gasteiger charge is -2.36. The largest absolute Gasteiger partial charge is 0.317 e. The summed E-state index contributed by atoms with van der Waals surface area (Å²) in [7, 11) is 0. The Morgan fingerprint density at radius 1 is 1.26 bits per heavy atom. The molecule has 2 nitrogen and oxygen atoms in total. The average Bonchev–Trinajstić information content (AvgIpc) is 2.27. The van der Waals surface area contributed by atoms with Crippen molar-refractivity contribution in [3.05, 3.63) is 0 Å². The normalized spacial score (nSPS) is 22.8. The Kier molecular flexibility index (Phi) is 10.2. The molecule has 1 aliphatic carbocycles. The lowest BCUT2D eigenvalue weighted by Crippen LogP contribution is -2.29. The van der Waals surface area contributed by atoms with Crippen LogP contribution in [0.25, 0.3) is 0 Å². The van der Waals surface area contributed by atoms with Crippen LogP contribution in [0, 0.1) is 17.3 Å². The molecule has 1 aliphatic heterocycles. The van der Waals surface area contributed by atoms with Crippen molar-refractivity contribution in [3.63, 3.8) is 0 Å². The molecule has 2 rings (SSSR count). The van der Waals surface area contributed by atoms with Crippen molar-refractivity contribution in [2.75, 3.05) is 13.1 Å². The van der Waals surface area contributed by atoms with Crippen LogP contribution in [0.1, 0.15) is 73.1 Å². The van der Waals surface area contributed by atoms with E-state index in [1.807, 2.05) is 0 Å². The molecule has 2 fully saturated rings. The van der Waals surface area contributed by atoms with Gasteiger partial charge in [-0.05, 0) is 69.4 Å². The summed E-state index contributed by atoms with van der Waals surface area (Å²) >= 11 is 0.